The maximum absolute atomic E-state index is 11.1. The van der Waals surface area contributed by atoms with Crippen LogP contribution in [0.4, 0.5) is 0 Å². The third kappa shape index (κ3) is 4.50. The van der Waals surface area contributed by atoms with Crippen LogP contribution in [-0.2, 0) is 12.0 Å². The normalized spacial score (nSPS) is 11.3. The van der Waals surface area contributed by atoms with Crippen molar-refractivity contribution in [3.8, 4) is 5.75 Å². The fourth-order valence-corrected chi connectivity index (χ4v) is 2.18. The van der Waals surface area contributed by atoms with Gasteiger partial charge < -0.3 is 5.11 Å². The lowest BCUT2D eigenvalue weighted by atomic mass is 9.84. The van der Waals surface area contributed by atoms with E-state index in [1.54, 1.807) is 6.07 Å². The summed E-state index contributed by atoms with van der Waals surface area (Å²) in [6.07, 6.45) is 0.732. The number of halogens is 1. The van der Waals surface area contributed by atoms with Gasteiger partial charge in [0.2, 0.25) is 0 Å². The predicted molar refractivity (Wildman–Crippen MR) is 86.1 cm³/mol. The molecule has 20 heavy (non-hydrogen) atoms. The summed E-state index contributed by atoms with van der Waals surface area (Å²) in [4.78, 5) is 13.4. The van der Waals surface area contributed by atoms with Gasteiger partial charge in [-0.3, -0.25) is 9.69 Å². The highest BCUT2D eigenvalue weighted by atomic mass is 35.5. The molecule has 114 valence electrons. The Kier molecular flexibility index (Phi) is 7.25. The number of hydrogen-bond donors (Lipinski definition) is 1. The van der Waals surface area contributed by atoms with E-state index in [0.29, 0.717) is 5.56 Å². The Balaban J connectivity index is 0.00000361. The van der Waals surface area contributed by atoms with Crippen molar-refractivity contribution in [3.05, 3.63) is 28.8 Å². The molecule has 1 aromatic rings. The molecule has 0 unspecified atom stereocenters. The van der Waals surface area contributed by atoms with E-state index in [0.717, 1.165) is 37.0 Å². The summed E-state index contributed by atoms with van der Waals surface area (Å²) in [5.74, 6) is 0.116. The minimum atomic E-state index is -0.179. The number of phenols is 1. The second-order valence-corrected chi connectivity index (χ2v) is 5.91. The first-order chi connectivity index (χ1) is 8.83. The van der Waals surface area contributed by atoms with E-state index in [2.05, 4.69) is 18.7 Å². The van der Waals surface area contributed by atoms with Crippen LogP contribution in [0.25, 0.3) is 0 Å². The number of carbonyl (C=O) groups is 1. The Morgan fingerprint density at radius 2 is 1.75 bits per heavy atom. The fraction of sp³-hybridized carbons (Fsp3) is 0.562. The van der Waals surface area contributed by atoms with E-state index in [4.69, 9.17) is 0 Å². The summed E-state index contributed by atoms with van der Waals surface area (Å²) >= 11 is 0. The minimum Gasteiger partial charge on any atom is -0.507 e. The van der Waals surface area contributed by atoms with Crippen molar-refractivity contribution in [3.63, 3.8) is 0 Å². The first-order valence-electron chi connectivity index (χ1n) is 6.87. The maximum atomic E-state index is 11.1. The van der Waals surface area contributed by atoms with Gasteiger partial charge in [-0.05, 0) is 30.1 Å². The lowest BCUT2D eigenvalue weighted by Gasteiger charge is -2.24. The molecule has 3 nitrogen and oxygen atoms in total. The summed E-state index contributed by atoms with van der Waals surface area (Å²) < 4.78 is 0. The molecule has 0 amide bonds. The summed E-state index contributed by atoms with van der Waals surface area (Å²) in [6, 6.07) is 3.80. The third-order valence-electron chi connectivity index (χ3n) is 3.43. The molecule has 0 atom stereocenters. The van der Waals surface area contributed by atoms with E-state index < -0.39 is 0 Å². The Bertz CT molecular complexity index is 449. The Hall–Kier alpha value is -1.06. The van der Waals surface area contributed by atoms with Crippen molar-refractivity contribution in [2.75, 3.05) is 13.1 Å². The van der Waals surface area contributed by atoms with Crippen molar-refractivity contribution in [1.29, 1.82) is 0 Å². The van der Waals surface area contributed by atoms with Crippen LogP contribution in [0, 0.1) is 0 Å². The van der Waals surface area contributed by atoms with Gasteiger partial charge in [-0.15, -0.1) is 12.4 Å². The second-order valence-electron chi connectivity index (χ2n) is 5.91. The summed E-state index contributed by atoms with van der Waals surface area (Å²) in [7, 11) is 0. The summed E-state index contributed by atoms with van der Waals surface area (Å²) in [5.41, 5.74) is 2.11. The molecule has 0 aromatic heterocycles. The van der Waals surface area contributed by atoms with Crippen LogP contribution < -0.4 is 0 Å². The molecule has 0 aliphatic rings. The van der Waals surface area contributed by atoms with Crippen molar-refractivity contribution in [2.24, 2.45) is 0 Å². The molecule has 1 rings (SSSR count). The van der Waals surface area contributed by atoms with Crippen molar-refractivity contribution >= 4 is 18.7 Å². The molecule has 0 saturated heterocycles. The average Bonchev–Trinajstić information content (AvgIpc) is 2.35. The molecule has 0 fully saturated rings. The lowest BCUT2D eigenvalue weighted by Crippen LogP contribution is -2.23. The number of aromatic hydroxyl groups is 1. The van der Waals surface area contributed by atoms with Gasteiger partial charge in [0.1, 0.15) is 5.75 Å². The van der Waals surface area contributed by atoms with Crippen LogP contribution in [0.2, 0.25) is 0 Å². The zero-order chi connectivity index (χ0) is 14.6. The van der Waals surface area contributed by atoms with Gasteiger partial charge in [-0.25, -0.2) is 0 Å². The molecule has 0 spiro atoms. The third-order valence-corrected chi connectivity index (χ3v) is 3.43. The van der Waals surface area contributed by atoms with E-state index in [-0.39, 0.29) is 23.6 Å². The highest BCUT2D eigenvalue weighted by Gasteiger charge is 2.21. The zero-order valence-electron chi connectivity index (χ0n) is 13.1. The standard InChI is InChI=1S/C16H25NO2.ClH/c1-6-17(7-2)10-12-8-13(11-18)15(19)14(9-12)16(3,4)5;/h8-9,11,19H,6-7,10H2,1-5H3;1H. The molecule has 0 bridgehead atoms. The quantitative estimate of drug-likeness (QED) is 0.842. The molecular formula is C16H26ClNO2. The highest BCUT2D eigenvalue weighted by Crippen LogP contribution is 2.34. The maximum Gasteiger partial charge on any atom is 0.153 e. The van der Waals surface area contributed by atoms with Crippen LogP contribution in [0.15, 0.2) is 12.1 Å². The van der Waals surface area contributed by atoms with Gasteiger partial charge in [-0.1, -0.05) is 40.7 Å². The molecule has 0 saturated carbocycles. The monoisotopic (exact) mass is 299 g/mol. The van der Waals surface area contributed by atoms with Gasteiger partial charge in [0.05, 0.1) is 5.56 Å². The number of carbonyl (C=O) groups excluding carboxylic acids is 1. The van der Waals surface area contributed by atoms with Crippen molar-refractivity contribution in [2.45, 2.75) is 46.6 Å². The summed E-state index contributed by atoms with van der Waals surface area (Å²) in [6.45, 7) is 13.1. The van der Waals surface area contributed by atoms with Gasteiger partial charge >= 0.3 is 0 Å². The first-order valence-corrected chi connectivity index (χ1v) is 6.87. The number of aldehydes is 1. The van der Waals surface area contributed by atoms with Crippen LogP contribution >= 0.6 is 12.4 Å². The second kappa shape index (κ2) is 7.65. The van der Waals surface area contributed by atoms with Gasteiger partial charge in [0.25, 0.3) is 0 Å². The molecule has 0 heterocycles. The largest absolute Gasteiger partial charge is 0.507 e. The van der Waals surface area contributed by atoms with E-state index >= 15 is 0 Å². The molecule has 4 heteroatoms. The molecule has 1 N–H and O–H groups in total. The van der Waals surface area contributed by atoms with Crippen LogP contribution in [-0.4, -0.2) is 29.4 Å². The lowest BCUT2D eigenvalue weighted by molar-refractivity contribution is 0.112. The van der Waals surface area contributed by atoms with Gasteiger partial charge in [-0.2, -0.15) is 0 Å². The van der Waals surface area contributed by atoms with Crippen LogP contribution in [0.3, 0.4) is 0 Å². The first kappa shape index (κ1) is 18.9. The molecule has 1 aromatic carbocycles. The number of hydrogen-bond acceptors (Lipinski definition) is 3. The van der Waals surface area contributed by atoms with E-state index in [1.165, 1.54) is 0 Å². The van der Waals surface area contributed by atoms with Gasteiger partial charge in [0, 0.05) is 12.1 Å². The Morgan fingerprint density at radius 3 is 2.15 bits per heavy atom. The minimum absolute atomic E-state index is 0. The Labute approximate surface area is 128 Å². The smallest absolute Gasteiger partial charge is 0.153 e. The highest BCUT2D eigenvalue weighted by molar-refractivity contribution is 5.85. The average molecular weight is 300 g/mol. The van der Waals surface area contributed by atoms with Crippen molar-refractivity contribution in [1.82, 2.24) is 4.90 Å². The molecular weight excluding hydrogens is 274 g/mol. The van der Waals surface area contributed by atoms with Crippen LogP contribution in [0.1, 0.15) is 56.1 Å². The number of phenolic OH excluding ortho intramolecular Hbond substituents is 1. The molecule has 0 aliphatic heterocycles. The summed E-state index contributed by atoms with van der Waals surface area (Å²) in [5, 5.41) is 10.2. The number of benzene rings is 1. The molecule has 0 aliphatic carbocycles. The van der Waals surface area contributed by atoms with Gasteiger partial charge in [0.15, 0.2) is 6.29 Å². The van der Waals surface area contributed by atoms with E-state index in [1.807, 2.05) is 26.8 Å². The topological polar surface area (TPSA) is 40.5 Å². The van der Waals surface area contributed by atoms with Crippen molar-refractivity contribution < 1.29 is 9.90 Å². The predicted octanol–water partition coefficient (Wildman–Crippen LogP) is 3.77. The fourth-order valence-electron chi connectivity index (χ4n) is 2.18. The molecule has 0 radical (unpaired) electrons. The Morgan fingerprint density at radius 1 is 1.20 bits per heavy atom. The van der Waals surface area contributed by atoms with Crippen LogP contribution in [0.5, 0.6) is 5.75 Å². The SMILES string of the molecule is CCN(CC)Cc1cc(C=O)c(O)c(C(C)(C)C)c1.Cl. The zero-order valence-corrected chi connectivity index (χ0v) is 13.9. The number of rotatable bonds is 5. The van der Waals surface area contributed by atoms with E-state index in [9.17, 15) is 9.90 Å². The number of nitrogens with zero attached hydrogens (tertiary/aromatic N) is 1.